The number of hydrogen-bond acceptors (Lipinski definition) is 2. The second-order valence-corrected chi connectivity index (χ2v) is 5.78. The van der Waals surface area contributed by atoms with Crippen molar-refractivity contribution < 1.29 is 0 Å². The molecule has 0 unspecified atom stereocenters. The highest BCUT2D eigenvalue weighted by Crippen LogP contribution is 2.22. The van der Waals surface area contributed by atoms with E-state index in [1.165, 1.54) is 23.4 Å². The number of hydrogen-bond donors (Lipinski definition) is 1. The fourth-order valence-corrected chi connectivity index (χ4v) is 2.70. The molecular weight excluding hydrogens is 234 g/mol. The summed E-state index contributed by atoms with van der Waals surface area (Å²) in [4.78, 5) is 0. The van der Waals surface area contributed by atoms with E-state index in [1.54, 1.807) is 0 Å². The Kier molecular flexibility index (Phi) is 6.56. The van der Waals surface area contributed by atoms with Crippen LogP contribution in [0, 0.1) is 13.8 Å². The summed E-state index contributed by atoms with van der Waals surface area (Å²) in [6, 6.07) is 1.13. The highest BCUT2D eigenvalue weighted by Gasteiger charge is 2.15. The summed E-state index contributed by atoms with van der Waals surface area (Å²) in [5.74, 6) is 0. The maximum atomic E-state index is 4.76. The van der Waals surface area contributed by atoms with Crippen LogP contribution in [0.15, 0.2) is 0 Å². The fourth-order valence-electron chi connectivity index (χ4n) is 2.70. The van der Waals surface area contributed by atoms with Crippen LogP contribution in [-0.2, 0) is 6.42 Å². The van der Waals surface area contributed by atoms with E-state index in [2.05, 4.69) is 51.5 Å². The van der Waals surface area contributed by atoms with Crippen LogP contribution in [0.2, 0.25) is 0 Å². The van der Waals surface area contributed by atoms with Crippen molar-refractivity contribution in [3.63, 3.8) is 0 Å². The summed E-state index contributed by atoms with van der Waals surface area (Å²) in [5.41, 5.74) is 4.04. The molecule has 3 nitrogen and oxygen atoms in total. The van der Waals surface area contributed by atoms with E-state index in [1.807, 2.05) is 0 Å². The molecule has 110 valence electrons. The van der Waals surface area contributed by atoms with E-state index >= 15 is 0 Å². The Morgan fingerprint density at radius 3 is 2.32 bits per heavy atom. The zero-order valence-corrected chi connectivity index (χ0v) is 13.6. The third kappa shape index (κ3) is 4.34. The van der Waals surface area contributed by atoms with Gasteiger partial charge < -0.3 is 5.32 Å². The highest BCUT2D eigenvalue weighted by molar-refractivity contribution is 5.25. The van der Waals surface area contributed by atoms with Gasteiger partial charge in [-0.2, -0.15) is 5.10 Å². The Morgan fingerprint density at radius 2 is 1.79 bits per heavy atom. The van der Waals surface area contributed by atoms with Crippen LogP contribution in [0.4, 0.5) is 0 Å². The van der Waals surface area contributed by atoms with E-state index in [4.69, 9.17) is 5.10 Å². The molecule has 0 bridgehead atoms. The maximum absolute atomic E-state index is 4.76. The Hall–Kier alpha value is -0.830. The molecule has 0 fully saturated rings. The third-order valence-electron chi connectivity index (χ3n) is 3.92. The predicted molar refractivity (Wildman–Crippen MR) is 82.8 cm³/mol. The first-order chi connectivity index (χ1) is 9.01. The summed E-state index contributed by atoms with van der Waals surface area (Å²) in [5, 5.41) is 8.24. The van der Waals surface area contributed by atoms with Crippen molar-refractivity contribution in [1.29, 1.82) is 0 Å². The van der Waals surface area contributed by atoms with E-state index in [0.29, 0.717) is 12.1 Å². The molecular formula is C16H31N3. The second-order valence-electron chi connectivity index (χ2n) is 5.78. The molecule has 0 radical (unpaired) electrons. The monoisotopic (exact) mass is 265 g/mol. The normalized spacial score (nSPS) is 11.8. The van der Waals surface area contributed by atoms with Crippen molar-refractivity contribution in [2.75, 3.05) is 6.54 Å². The van der Waals surface area contributed by atoms with Gasteiger partial charge in [-0.25, -0.2) is 0 Å². The standard InChI is InChI=1S/C16H31N3/c1-7-15(8-2)19-14(6)16(13(5)18-19)10-9-11-17-12(3)4/h12,15,17H,7-11H2,1-6H3. The lowest BCUT2D eigenvalue weighted by Gasteiger charge is -2.15. The number of nitrogens with zero attached hydrogens (tertiary/aromatic N) is 2. The molecule has 0 amide bonds. The van der Waals surface area contributed by atoms with Gasteiger partial charge in [-0.1, -0.05) is 27.7 Å². The molecule has 1 heterocycles. The van der Waals surface area contributed by atoms with Crippen LogP contribution in [-0.4, -0.2) is 22.4 Å². The Labute approximate surface area is 118 Å². The largest absolute Gasteiger partial charge is 0.315 e. The van der Waals surface area contributed by atoms with Gasteiger partial charge in [0.05, 0.1) is 11.7 Å². The van der Waals surface area contributed by atoms with Gasteiger partial charge in [0.15, 0.2) is 0 Å². The lowest BCUT2D eigenvalue weighted by Crippen LogP contribution is -2.24. The highest BCUT2D eigenvalue weighted by atomic mass is 15.3. The molecule has 1 aromatic heterocycles. The minimum absolute atomic E-state index is 0.557. The van der Waals surface area contributed by atoms with E-state index in [0.717, 1.165) is 25.8 Å². The first kappa shape index (κ1) is 16.2. The molecule has 19 heavy (non-hydrogen) atoms. The minimum atomic E-state index is 0.557. The maximum Gasteiger partial charge on any atom is 0.0628 e. The summed E-state index contributed by atoms with van der Waals surface area (Å²) in [6.07, 6.45) is 4.64. The zero-order chi connectivity index (χ0) is 14.4. The van der Waals surface area contributed by atoms with Gasteiger partial charge in [0.25, 0.3) is 0 Å². The van der Waals surface area contributed by atoms with Crippen molar-refractivity contribution >= 4 is 0 Å². The molecule has 0 aliphatic rings. The van der Waals surface area contributed by atoms with Crippen molar-refractivity contribution in [2.24, 2.45) is 0 Å². The van der Waals surface area contributed by atoms with Crippen LogP contribution < -0.4 is 5.32 Å². The summed E-state index contributed by atoms with van der Waals surface area (Å²) in [7, 11) is 0. The number of aromatic nitrogens is 2. The van der Waals surface area contributed by atoms with Gasteiger partial charge in [0.2, 0.25) is 0 Å². The molecule has 0 aliphatic carbocycles. The topological polar surface area (TPSA) is 29.9 Å². The van der Waals surface area contributed by atoms with Crippen LogP contribution >= 0.6 is 0 Å². The van der Waals surface area contributed by atoms with Gasteiger partial charge in [-0.05, 0) is 51.6 Å². The Bertz CT molecular complexity index is 376. The quantitative estimate of drug-likeness (QED) is 0.725. The lowest BCUT2D eigenvalue weighted by atomic mass is 10.1. The van der Waals surface area contributed by atoms with Crippen molar-refractivity contribution in [2.45, 2.75) is 79.3 Å². The number of nitrogens with one attached hydrogen (secondary N) is 1. The van der Waals surface area contributed by atoms with Crippen LogP contribution in [0.25, 0.3) is 0 Å². The summed E-state index contributed by atoms with van der Waals surface area (Å²) >= 11 is 0. The first-order valence-corrected chi connectivity index (χ1v) is 7.79. The molecule has 0 saturated carbocycles. The molecule has 0 aliphatic heterocycles. The molecule has 0 aromatic carbocycles. The lowest BCUT2D eigenvalue weighted by molar-refractivity contribution is 0.418. The van der Waals surface area contributed by atoms with Gasteiger partial charge in [0, 0.05) is 11.7 Å². The molecule has 0 spiro atoms. The van der Waals surface area contributed by atoms with Crippen LogP contribution in [0.1, 0.15) is 70.0 Å². The van der Waals surface area contributed by atoms with Gasteiger partial charge in [0.1, 0.15) is 0 Å². The summed E-state index contributed by atoms with van der Waals surface area (Å²) in [6.45, 7) is 14.4. The average Bonchev–Trinajstić information content (AvgIpc) is 2.63. The van der Waals surface area contributed by atoms with Gasteiger partial charge in [-0.3, -0.25) is 4.68 Å². The second kappa shape index (κ2) is 7.68. The van der Waals surface area contributed by atoms with E-state index in [9.17, 15) is 0 Å². The van der Waals surface area contributed by atoms with Gasteiger partial charge in [-0.15, -0.1) is 0 Å². The number of aryl methyl sites for hydroxylation is 1. The fraction of sp³-hybridized carbons (Fsp3) is 0.812. The molecule has 1 rings (SSSR count). The smallest absolute Gasteiger partial charge is 0.0628 e. The van der Waals surface area contributed by atoms with Gasteiger partial charge >= 0.3 is 0 Å². The Morgan fingerprint density at radius 1 is 1.16 bits per heavy atom. The molecule has 0 atom stereocenters. The SMILES string of the molecule is CCC(CC)n1nc(C)c(CCCNC(C)C)c1C. The van der Waals surface area contributed by atoms with Crippen LogP contribution in [0.3, 0.4) is 0 Å². The zero-order valence-electron chi connectivity index (χ0n) is 13.6. The summed E-state index contributed by atoms with van der Waals surface area (Å²) < 4.78 is 2.25. The van der Waals surface area contributed by atoms with Crippen molar-refractivity contribution in [1.82, 2.24) is 15.1 Å². The molecule has 0 saturated heterocycles. The average molecular weight is 265 g/mol. The molecule has 3 heteroatoms. The Balaban J connectivity index is 2.68. The van der Waals surface area contributed by atoms with E-state index < -0.39 is 0 Å². The van der Waals surface area contributed by atoms with Crippen molar-refractivity contribution in [3.05, 3.63) is 17.0 Å². The third-order valence-corrected chi connectivity index (χ3v) is 3.92. The van der Waals surface area contributed by atoms with E-state index in [-0.39, 0.29) is 0 Å². The predicted octanol–water partition coefficient (Wildman–Crippen LogP) is 3.79. The minimum Gasteiger partial charge on any atom is -0.315 e. The van der Waals surface area contributed by atoms with Crippen molar-refractivity contribution in [3.8, 4) is 0 Å². The molecule has 1 N–H and O–H groups in total. The molecule has 1 aromatic rings. The number of rotatable bonds is 8. The van der Waals surface area contributed by atoms with Crippen LogP contribution in [0.5, 0.6) is 0 Å². The first-order valence-electron chi connectivity index (χ1n) is 7.79.